The number of carbonyl (C=O) groups is 1. The van der Waals surface area contributed by atoms with Crippen LogP contribution < -0.4 is 5.32 Å². The van der Waals surface area contributed by atoms with Crippen LogP contribution in [0.15, 0.2) is 5.38 Å². The Morgan fingerprint density at radius 2 is 2.21 bits per heavy atom. The minimum absolute atomic E-state index is 0.0330. The number of hydrogen-bond acceptors (Lipinski definition) is 5. The van der Waals surface area contributed by atoms with Crippen LogP contribution in [0.5, 0.6) is 0 Å². The lowest BCUT2D eigenvalue weighted by Gasteiger charge is -2.21. The number of nitrogens with one attached hydrogen (secondary N) is 1. The molecule has 2 N–H and O–H groups in total. The van der Waals surface area contributed by atoms with Gasteiger partial charge in [-0.05, 0) is 13.2 Å². The maximum Gasteiger partial charge on any atom is 0.226 e. The fraction of sp³-hybridized carbons (Fsp3) is 0.692. The van der Waals surface area contributed by atoms with E-state index < -0.39 is 0 Å². The lowest BCUT2D eigenvalue weighted by atomic mass is 10.2. The summed E-state index contributed by atoms with van der Waals surface area (Å²) >= 11 is 3.15. The average molecular weight is 302 g/mol. The van der Waals surface area contributed by atoms with E-state index in [9.17, 15) is 9.90 Å². The first-order valence-corrected chi connectivity index (χ1v) is 8.52. The van der Waals surface area contributed by atoms with E-state index in [-0.39, 0.29) is 23.8 Å². The molecule has 2 unspecified atom stereocenters. The zero-order chi connectivity index (χ0) is 14.4. The van der Waals surface area contributed by atoms with Gasteiger partial charge in [-0.1, -0.05) is 13.8 Å². The summed E-state index contributed by atoms with van der Waals surface area (Å²) in [4.78, 5) is 16.3. The van der Waals surface area contributed by atoms with Gasteiger partial charge in [-0.15, -0.1) is 11.3 Å². The maximum atomic E-state index is 11.9. The summed E-state index contributed by atoms with van der Waals surface area (Å²) in [5.41, 5.74) is 0.822. The number of amides is 1. The Kier molecular flexibility index (Phi) is 6.82. The zero-order valence-corrected chi connectivity index (χ0v) is 13.5. The average Bonchev–Trinajstić information content (AvgIpc) is 2.78. The van der Waals surface area contributed by atoms with Crippen LogP contribution >= 0.6 is 23.1 Å². The molecule has 1 rings (SSSR count). The van der Waals surface area contributed by atoms with Crippen LogP contribution in [0.2, 0.25) is 0 Å². The number of aromatic nitrogens is 1. The van der Waals surface area contributed by atoms with E-state index in [1.807, 2.05) is 18.6 Å². The lowest BCUT2D eigenvalue weighted by Crippen LogP contribution is -2.41. The van der Waals surface area contributed by atoms with Crippen LogP contribution in [0.1, 0.15) is 37.4 Å². The van der Waals surface area contributed by atoms with Crippen LogP contribution in [0, 0.1) is 0 Å². The van der Waals surface area contributed by atoms with E-state index in [1.165, 1.54) is 0 Å². The molecule has 2 atom stereocenters. The van der Waals surface area contributed by atoms with Crippen molar-refractivity contribution in [1.29, 1.82) is 0 Å². The number of aliphatic hydroxyl groups is 1. The van der Waals surface area contributed by atoms with E-state index in [0.717, 1.165) is 10.7 Å². The van der Waals surface area contributed by atoms with E-state index >= 15 is 0 Å². The molecule has 0 fully saturated rings. The van der Waals surface area contributed by atoms with Gasteiger partial charge in [0.05, 0.1) is 23.7 Å². The highest BCUT2D eigenvalue weighted by molar-refractivity contribution is 7.99. The van der Waals surface area contributed by atoms with Crippen LogP contribution in [0.4, 0.5) is 0 Å². The minimum Gasteiger partial charge on any atom is -0.395 e. The van der Waals surface area contributed by atoms with Crippen molar-refractivity contribution in [3.8, 4) is 0 Å². The fourth-order valence-corrected chi connectivity index (χ4v) is 3.13. The fourth-order valence-electron chi connectivity index (χ4n) is 1.67. The second-order valence-electron chi connectivity index (χ2n) is 4.82. The van der Waals surface area contributed by atoms with E-state index in [2.05, 4.69) is 24.1 Å². The first kappa shape index (κ1) is 16.5. The molecule has 0 saturated heterocycles. The van der Waals surface area contributed by atoms with Crippen molar-refractivity contribution >= 4 is 29.0 Å². The molecule has 1 heterocycles. The molecular formula is C13H22N2O2S2. The molecule has 0 aliphatic rings. The first-order chi connectivity index (χ1) is 8.97. The Hall–Kier alpha value is -0.590. The normalized spacial score (nSPS) is 14.4. The standard InChI is InChI=1S/C13H22N2O2S2/c1-8(2)13-15-10(7-19-13)5-12(17)14-9(3)11(6-16)18-4/h7-9,11,16H,5-6H2,1-4H3,(H,14,17). The van der Waals surface area contributed by atoms with Crippen molar-refractivity contribution in [3.05, 3.63) is 16.1 Å². The highest BCUT2D eigenvalue weighted by Crippen LogP contribution is 2.19. The third-order valence-electron chi connectivity index (χ3n) is 2.83. The molecule has 1 aromatic heterocycles. The van der Waals surface area contributed by atoms with Crippen LogP contribution in [0.3, 0.4) is 0 Å². The van der Waals surface area contributed by atoms with E-state index in [4.69, 9.17) is 0 Å². The maximum absolute atomic E-state index is 11.9. The van der Waals surface area contributed by atoms with Gasteiger partial charge in [0.15, 0.2) is 0 Å². The Morgan fingerprint density at radius 1 is 1.53 bits per heavy atom. The SMILES string of the molecule is CSC(CO)C(C)NC(=O)Cc1csc(C(C)C)n1. The monoisotopic (exact) mass is 302 g/mol. The van der Waals surface area contributed by atoms with Gasteiger partial charge in [-0.2, -0.15) is 11.8 Å². The molecule has 6 heteroatoms. The summed E-state index contributed by atoms with van der Waals surface area (Å²) in [5, 5.41) is 15.1. The Morgan fingerprint density at radius 3 is 2.68 bits per heavy atom. The predicted molar refractivity (Wildman–Crippen MR) is 81.9 cm³/mol. The molecule has 0 saturated carbocycles. The lowest BCUT2D eigenvalue weighted by molar-refractivity contribution is -0.121. The number of rotatable bonds is 7. The van der Waals surface area contributed by atoms with Crippen LogP contribution in [0.25, 0.3) is 0 Å². The molecule has 0 radical (unpaired) electrons. The number of aliphatic hydroxyl groups excluding tert-OH is 1. The van der Waals surface area contributed by atoms with Crippen LogP contribution in [-0.2, 0) is 11.2 Å². The molecule has 4 nitrogen and oxygen atoms in total. The molecule has 19 heavy (non-hydrogen) atoms. The number of carbonyl (C=O) groups excluding carboxylic acids is 1. The van der Waals surface area contributed by atoms with Crippen molar-refractivity contribution in [1.82, 2.24) is 10.3 Å². The Bertz CT molecular complexity index is 403. The zero-order valence-electron chi connectivity index (χ0n) is 11.8. The van der Waals surface area contributed by atoms with Gasteiger partial charge in [0.1, 0.15) is 0 Å². The van der Waals surface area contributed by atoms with Crippen molar-refractivity contribution in [2.75, 3.05) is 12.9 Å². The smallest absolute Gasteiger partial charge is 0.226 e. The van der Waals surface area contributed by atoms with E-state index in [1.54, 1.807) is 23.1 Å². The number of thioether (sulfide) groups is 1. The summed E-state index contributed by atoms with van der Waals surface area (Å²) < 4.78 is 0. The first-order valence-electron chi connectivity index (χ1n) is 6.35. The Balaban J connectivity index is 2.50. The quantitative estimate of drug-likeness (QED) is 0.809. The molecule has 0 aliphatic carbocycles. The number of nitrogens with zero attached hydrogens (tertiary/aromatic N) is 1. The third-order valence-corrected chi connectivity index (χ3v) is 5.19. The summed E-state index contributed by atoms with van der Waals surface area (Å²) in [6.07, 6.45) is 2.24. The topological polar surface area (TPSA) is 62.2 Å². The molecule has 1 amide bonds. The van der Waals surface area contributed by atoms with Crippen molar-refractivity contribution in [3.63, 3.8) is 0 Å². The van der Waals surface area contributed by atoms with Gasteiger partial charge < -0.3 is 10.4 Å². The molecular weight excluding hydrogens is 280 g/mol. The number of thiazole rings is 1. The second kappa shape index (κ2) is 7.87. The molecule has 0 aromatic carbocycles. The molecule has 0 aliphatic heterocycles. The summed E-state index contributed by atoms with van der Waals surface area (Å²) in [6, 6.07) is -0.0456. The van der Waals surface area contributed by atoms with Gasteiger partial charge in [0.2, 0.25) is 5.91 Å². The predicted octanol–water partition coefficient (Wildman–Crippen LogP) is 2.04. The van der Waals surface area contributed by atoms with Gasteiger partial charge >= 0.3 is 0 Å². The largest absolute Gasteiger partial charge is 0.395 e. The number of hydrogen-bond donors (Lipinski definition) is 2. The summed E-state index contributed by atoms with van der Waals surface area (Å²) in [6.45, 7) is 6.16. The van der Waals surface area contributed by atoms with Crippen molar-refractivity contribution in [2.45, 2.75) is 44.4 Å². The third kappa shape index (κ3) is 5.12. The molecule has 1 aromatic rings. The van der Waals surface area contributed by atoms with Crippen molar-refractivity contribution < 1.29 is 9.90 Å². The van der Waals surface area contributed by atoms with Gasteiger partial charge in [0, 0.05) is 22.6 Å². The van der Waals surface area contributed by atoms with Crippen LogP contribution in [-0.4, -0.2) is 40.2 Å². The van der Waals surface area contributed by atoms with Gasteiger partial charge in [-0.3, -0.25) is 4.79 Å². The molecule has 108 valence electrons. The molecule has 0 bridgehead atoms. The Labute approximate surface area is 123 Å². The van der Waals surface area contributed by atoms with Gasteiger partial charge in [-0.25, -0.2) is 4.98 Å². The summed E-state index contributed by atoms with van der Waals surface area (Å²) in [7, 11) is 0. The summed E-state index contributed by atoms with van der Waals surface area (Å²) in [5.74, 6) is 0.358. The van der Waals surface area contributed by atoms with Crippen molar-refractivity contribution in [2.24, 2.45) is 0 Å². The highest BCUT2D eigenvalue weighted by Gasteiger charge is 2.18. The minimum atomic E-state index is -0.0456. The molecule has 0 spiro atoms. The second-order valence-corrected chi connectivity index (χ2v) is 6.79. The highest BCUT2D eigenvalue weighted by atomic mass is 32.2. The van der Waals surface area contributed by atoms with E-state index in [0.29, 0.717) is 12.3 Å². The van der Waals surface area contributed by atoms with Gasteiger partial charge in [0.25, 0.3) is 0 Å².